The smallest absolute Gasteiger partial charge is 0.235 e. The summed E-state index contributed by atoms with van der Waals surface area (Å²) < 4.78 is 5.56. The number of rotatable bonds is 6. The second kappa shape index (κ2) is 6.28. The van der Waals surface area contributed by atoms with Gasteiger partial charge in [-0.15, -0.1) is 0 Å². The molecule has 0 aliphatic heterocycles. The molecule has 1 rings (SSSR count). The first kappa shape index (κ1) is 15.8. The number of aliphatic imine (C=N–C) groups is 1. The molecule has 0 bridgehead atoms. The van der Waals surface area contributed by atoms with Gasteiger partial charge in [0.1, 0.15) is 0 Å². The molecule has 0 aromatic heterocycles. The predicted octanol–water partition coefficient (Wildman–Crippen LogP) is 3.65. The van der Waals surface area contributed by atoms with Gasteiger partial charge in [0.2, 0.25) is 6.08 Å². The van der Waals surface area contributed by atoms with Gasteiger partial charge in [-0.3, -0.25) is 0 Å². The van der Waals surface area contributed by atoms with Gasteiger partial charge in [-0.05, 0) is 50.5 Å². The molecule has 0 N–H and O–H groups in total. The lowest BCUT2D eigenvalue weighted by molar-refractivity contribution is 0.403. The number of hydrogen-bond donors (Lipinski definition) is 0. The third-order valence-electron chi connectivity index (χ3n) is 3.53. The average molecular weight is 277 g/mol. The Labute approximate surface area is 116 Å². The number of hydrogen-bond acceptors (Lipinski definition) is 3. The van der Waals surface area contributed by atoms with E-state index in [2.05, 4.69) is 30.2 Å². The summed E-state index contributed by atoms with van der Waals surface area (Å²) in [7, 11) is 0.272. The summed E-state index contributed by atoms with van der Waals surface area (Å²) in [6.45, 7) is 8.28. The third kappa shape index (κ3) is 4.75. The molecule has 1 aromatic rings. The van der Waals surface area contributed by atoms with E-state index in [1.165, 1.54) is 5.56 Å². The summed E-state index contributed by atoms with van der Waals surface area (Å²) >= 11 is 0. The quantitative estimate of drug-likeness (QED) is 0.452. The predicted molar refractivity (Wildman–Crippen MR) is 80.6 cm³/mol. The van der Waals surface area contributed by atoms with Crippen LogP contribution in [-0.2, 0) is 21.2 Å². The molecule has 0 radical (unpaired) electrons. The molecule has 0 saturated carbocycles. The van der Waals surface area contributed by atoms with Gasteiger partial charge in [-0.2, -0.15) is 4.99 Å². The zero-order chi connectivity index (χ0) is 14.5. The van der Waals surface area contributed by atoms with E-state index in [1.807, 2.05) is 26.0 Å². The van der Waals surface area contributed by atoms with Gasteiger partial charge in [-0.25, -0.2) is 4.79 Å². The highest BCUT2D eigenvalue weighted by Gasteiger charge is 2.22. The van der Waals surface area contributed by atoms with Crippen LogP contribution in [0.15, 0.2) is 29.3 Å². The fraction of sp³-hybridized carbons (Fsp3) is 0.533. The normalized spacial score (nSPS) is 12.1. The molecule has 0 amide bonds. The van der Waals surface area contributed by atoms with Crippen LogP contribution < -0.4 is 0 Å². The van der Waals surface area contributed by atoms with Crippen LogP contribution in [-0.4, -0.2) is 21.5 Å². The Morgan fingerprint density at radius 2 is 2.05 bits per heavy atom. The number of nitrogens with zero attached hydrogens (tertiary/aromatic N) is 1. The zero-order valence-electron chi connectivity index (χ0n) is 12.5. The first-order valence-electron chi connectivity index (χ1n) is 6.54. The van der Waals surface area contributed by atoms with Crippen molar-refractivity contribution in [1.29, 1.82) is 0 Å². The number of aryl methyl sites for hydroxylation is 1. The fourth-order valence-corrected chi connectivity index (χ4v) is 2.93. The highest BCUT2D eigenvalue weighted by atomic mass is 28.4. The van der Waals surface area contributed by atoms with E-state index in [1.54, 1.807) is 13.2 Å². The highest BCUT2D eigenvalue weighted by molar-refractivity contribution is 6.71. The second-order valence-corrected chi connectivity index (χ2v) is 10.4. The summed E-state index contributed by atoms with van der Waals surface area (Å²) in [4.78, 5) is 14.3. The van der Waals surface area contributed by atoms with Gasteiger partial charge in [0.25, 0.3) is 0 Å². The summed E-state index contributed by atoms with van der Waals surface area (Å²) in [6.07, 6.45) is 2.65. The summed E-state index contributed by atoms with van der Waals surface area (Å²) in [6, 6.07) is 9.35. The minimum absolute atomic E-state index is 0.508. The van der Waals surface area contributed by atoms with Crippen molar-refractivity contribution in [1.82, 2.24) is 0 Å². The van der Waals surface area contributed by atoms with Crippen molar-refractivity contribution >= 4 is 14.4 Å². The van der Waals surface area contributed by atoms with Gasteiger partial charge in [0.05, 0.1) is 5.54 Å². The molecule has 0 spiro atoms. The van der Waals surface area contributed by atoms with Gasteiger partial charge in [0, 0.05) is 7.11 Å². The van der Waals surface area contributed by atoms with E-state index in [0.717, 1.165) is 18.0 Å². The molecule has 0 aliphatic rings. The zero-order valence-corrected chi connectivity index (χ0v) is 13.5. The Morgan fingerprint density at radius 1 is 1.37 bits per heavy atom. The van der Waals surface area contributed by atoms with Crippen LogP contribution in [0.25, 0.3) is 0 Å². The number of isocyanates is 1. The Morgan fingerprint density at radius 3 is 2.63 bits per heavy atom. The van der Waals surface area contributed by atoms with Crippen LogP contribution in [0.3, 0.4) is 0 Å². The maximum atomic E-state index is 10.5. The first-order valence-corrected chi connectivity index (χ1v) is 9.66. The molecule has 0 heterocycles. The van der Waals surface area contributed by atoms with Crippen molar-refractivity contribution in [2.75, 3.05) is 7.11 Å². The van der Waals surface area contributed by atoms with Crippen molar-refractivity contribution in [2.45, 2.75) is 44.9 Å². The van der Waals surface area contributed by atoms with Gasteiger partial charge in [-0.1, -0.05) is 24.3 Å². The SMILES string of the molecule is CO[Si](C)(C)CCc1cccc(C(C)(C)N=C=O)c1. The van der Waals surface area contributed by atoms with Crippen LogP contribution in [0.2, 0.25) is 19.1 Å². The Balaban J connectivity index is 2.86. The molecule has 3 nitrogen and oxygen atoms in total. The minimum Gasteiger partial charge on any atom is -0.420 e. The molecular formula is C15H23NO2Si. The van der Waals surface area contributed by atoms with E-state index < -0.39 is 13.9 Å². The molecule has 0 saturated heterocycles. The summed E-state index contributed by atoms with van der Waals surface area (Å²) in [5, 5.41) is 0. The van der Waals surface area contributed by atoms with Crippen molar-refractivity contribution in [2.24, 2.45) is 4.99 Å². The molecule has 19 heavy (non-hydrogen) atoms. The first-order chi connectivity index (χ1) is 8.80. The standard InChI is InChI=1S/C15H23NO2Si/c1-15(2,16-12-17)14-8-6-7-13(11-14)9-10-19(4,5)18-3/h6-8,11H,9-10H2,1-5H3. The van der Waals surface area contributed by atoms with Crippen LogP contribution in [0, 0.1) is 0 Å². The van der Waals surface area contributed by atoms with Gasteiger partial charge in [0.15, 0.2) is 8.32 Å². The second-order valence-electron chi connectivity index (χ2n) is 5.93. The molecule has 104 valence electrons. The maximum absolute atomic E-state index is 10.5. The number of benzene rings is 1. The Kier molecular flexibility index (Phi) is 5.24. The molecule has 0 fully saturated rings. The monoisotopic (exact) mass is 277 g/mol. The van der Waals surface area contributed by atoms with Crippen LogP contribution in [0.4, 0.5) is 0 Å². The van der Waals surface area contributed by atoms with E-state index >= 15 is 0 Å². The van der Waals surface area contributed by atoms with Gasteiger partial charge < -0.3 is 4.43 Å². The van der Waals surface area contributed by atoms with Crippen LogP contribution >= 0.6 is 0 Å². The van der Waals surface area contributed by atoms with Gasteiger partial charge >= 0.3 is 0 Å². The highest BCUT2D eigenvalue weighted by Crippen LogP contribution is 2.25. The molecule has 0 unspecified atom stereocenters. The topological polar surface area (TPSA) is 38.7 Å². The van der Waals surface area contributed by atoms with E-state index in [-0.39, 0.29) is 0 Å². The largest absolute Gasteiger partial charge is 0.420 e. The lowest BCUT2D eigenvalue weighted by Gasteiger charge is -2.21. The van der Waals surface area contributed by atoms with Crippen LogP contribution in [0.1, 0.15) is 25.0 Å². The van der Waals surface area contributed by atoms with E-state index in [9.17, 15) is 4.79 Å². The van der Waals surface area contributed by atoms with E-state index in [4.69, 9.17) is 4.43 Å². The lowest BCUT2D eigenvalue weighted by Crippen LogP contribution is -2.28. The molecular weight excluding hydrogens is 254 g/mol. The molecule has 0 aliphatic carbocycles. The maximum Gasteiger partial charge on any atom is 0.235 e. The Bertz CT molecular complexity index is 477. The molecule has 4 heteroatoms. The average Bonchev–Trinajstić information content (AvgIpc) is 2.37. The van der Waals surface area contributed by atoms with Crippen molar-refractivity contribution in [3.05, 3.63) is 35.4 Å². The van der Waals surface area contributed by atoms with Crippen LogP contribution in [0.5, 0.6) is 0 Å². The minimum atomic E-state index is -1.52. The van der Waals surface area contributed by atoms with E-state index in [0.29, 0.717) is 0 Å². The lowest BCUT2D eigenvalue weighted by atomic mass is 9.93. The number of carbonyl (C=O) groups excluding carboxylic acids is 1. The molecule has 1 aromatic carbocycles. The third-order valence-corrected chi connectivity index (χ3v) is 6.09. The van der Waals surface area contributed by atoms with Crippen molar-refractivity contribution < 1.29 is 9.22 Å². The Hall–Kier alpha value is -1.22. The van der Waals surface area contributed by atoms with Crippen molar-refractivity contribution in [3.8, 4) is 0 Å². The fourth-order valence-electron chi connectivity index (χ4n) is 1.83. The summed E-state index contributed by atoms with van der Waals surface area (Å²) in [5.74, 6) is 0. The van der Waals surface area contributed by atoms with Crippen molar-refractivity contribution in [3.63, 3.8) is 0 Å². The molecule has 0 atom stereocenters. The summed E-state index contributed by atoms with van der Waals surface area (Å²) in [5.41, 5.74) is 1.81.